The normalized spacial score (nSPS) is 18.5. The quantitative estimate of drug-likeness (QED) is 0.666. The number of rotatable bonds is 5. The molecule has 1 N–H and O–H groups in total. The largest absolute Gasteiger partial charge is 0.346 e. The number of nitrogens with zero attached hydrogens (tertiary/aromatic N) is 7. The third-order valence-electron chi connectivity index (χ3n) is 4.90. The Bertz CT molecular complexity index is 1170. The van der Waals surface area contributed by atoms with Crippen molar-refractivity contribution in [2.45, 2.75) is 25.4 Å². The average molecular weight is 398 g/mol. The first-order valence-electron chi connectivity index (χ1n) is 8.98. The molecular weight excluding hydrogens is 376 g/mol. The van der Waals surface area contributed by atoms with Gasteiger partial charge in [-0.15, -0.1) is 0 Å². The number of H-pyrrole nitrogens is 1. The summed E-state index contributed by atoms with van der Waals surface area (Å²) in [4.78, 5) is 15.3. The van der Waals surface area contributed by atoms with Crippen molar-refractivity contribution in [2.75, 3.05) is 25.9 Å². The fraction of sp³-hybridized carbons (Fsp3) is 0.444. The predicted molar refractivity (Wildman–Crippen MR) is 108 cm³/mol. The number of aromatic amines is 1. The lowest BCUT2D eigenvalue weighted by Gasteiger charge is -2.46. The molecule has 1 fully saturated rings. The molecule has 0 spiro atoms. The topological polar surface area (TPSA) is 96.4 Å². The lowest BCUT2D eigenvalue weighted by atomic mass is 9.92. The van der Waals surface area contributed by atoms with Gasteiger partial charge < -0.3 is 9.83 Å². The van der Waals surface area contributed by atoms with Crippen molar-refractivity contribution in [3.05, 3.63) is 42.4 Å². The van der Waals surface area contributed by atoms with E-state index >= 15 is 0 Å². The Balaban J connectivity index is 1.66. The van der Waals surface area contributed by atoms with Crippen LogP contribution >= 0.6 is 0 Å². The highest BCUT2D eigenvalue weighted by Gasteiger charge is 2.51. The zero-order valence-corrected chi connectivity index (χ0v) is 16.8. The molecule has 9 nitrogen and oxygen atoms in total. The summed E-state index contributed by atoms with van der Waals surface area (Å²) in [6, 6.07) is 1.92. The second-order valence-corrected chi connectivity index (χ2v) is 9.69. The smallest absolute Gasteiger partial charge is 0.242 e. The van der Waals surface area contributed by atoms with Crippen LogP contribution in [0.25, 0.3) is 27.1 Å². The molecule has 0 bridgehead atoms. The fourth-order valence-electron chi connectivity index (χ4n) is 3.58. The van der Waals surface area contributed by atoms with Crippen LogP contribution in [0.1, 0.15) is 13.8 Å². The summed E-state index contributed by atoms with van der Waals surface area (Å²) in [5.41, 5.74) is 1.92. The molecule has 0 radical (unpaired) electrons. The lowest BCUT2D eigenvalue weighted by molar-refractivity contribution is 0.0870. The Morgan fingerprint density at radius 3 is 2.93 bits per heavy atom. The number of aromatic nitrogens is 5. The summed E-state index contributed by atoms with van der Waals surface area (Å²) in [7, 11) is -2.45. The molecule has 1 atom stereocenters. The van der Waals surface area contributed by atoms with Gasteiger partial charge in [-0.25, -0.2) is 29.4 Å². The average Bonchev–Trinajstić information content (AvgIpc) is 3.25. The van der Waals surface area contributed by atoms with Crippen LogP contribution in [0.5, 0.6) is 0 Å². The van der Waals surface area contributed by atoms with Crippen molar-refractivity contribution < 1.29 is 4.21 Å². The lowest BCUT2D eigenvalue weighted by Crippen LogP contribution is -2.65. The van der Waals surface area contributed by atoms with Gasteiger partial charge >= 0.3 is 0 Å². The molecule has 0 saturated carbocycles. The first-order valence-corrected chi connectivity index (χ1v) is 10.9. The van der Waals surface area contributed by atoms with E-state index in [1.165, 1.54) is 6.33 Å². The van der Waals surface area contributed by atoms with Crippen molar-refractivity contribution in [3.8, 4) is 11.3 Å². The van der Waals surface area contributed by atoms with Gasteiger partial charge in [0.25, 0.3) is 0 Å². The summed E-state index contributed by atoms with van der Waals surface area (Å²) < 4.78 is 20.9. The van der Waals surface area contributed by atoms with E-state index in [-0.39, 0.29) is 12.6 Å². The number of nitrogens with one attached hydrogen (secondary N) is 1. The van der Waals surface area contributed by atoms with Crippen LogP contribution in [0.3, 0.4) is 0 Å². The van der Waals surface area contributed by atoms with Gasteiger partial charge in [0.1, 0.15) is 21.9 Å². The van der Waals surface area contributed by atoms with Crippen molar-refractivity contribution >= 4 is 20.9 Å². The van der Waals surface area contributed by atoms with Crippen molar-refractivity contribution in [1.82, 2.24) is 29.0 Å². The van der Waals surface area contributed by atoms with Crippen molar-refractivity contribution in [1.29, 1.82) is 0 Å². The first kappa shape index (κ1) is 18.6. The summed E-state index contributed by atoms with van der Waals surface area (Å²) >= 11 is 0. The van der Waals surface area contributed by atoms with E-state index in [4.69, 9.17) is 6.57 Å². The van der Waals surface area contributed by atoms with Crippen LogP contribution in [0.2, 0.25) is 0 Å². The summed E-state index contributed by atoms with van der Waals surface area (Å²) in [6.45, 7) is 12.4. The Morgan fingerprint density at radius 2 is 2.21 bits per heavy atom. The van der Waals surface area contributed by atoms with E-state index in [9.17, 15) is 4.21 Å². The fourth-order valence-corrected chi connectivity index (χ4v) is 5.45. The highest BCUT2D eigenvalue weighted by Crippen LogP contribution is 2.34. The van der Waals surface area contributed by atoms with Gasteiger partial charge in [-0.3, -0.25) is 4.68 Å². The Kier molecular flexibility index (Phi) is 4.44. The Hall–Kier alpha value is -2.77. The van der Waals surface area contributed by atoms with Crippen LogP contribution in [0, 0.1) is 6.57 Å². The Labute approximate surface area is 163 Å². The van der Waals surface area contributed by atoms with Gasteiger partial charge in [-0.1, -0.05) is 0 Å². The summed E-state index contributed by atoms with van der Waals surface area (Å²) in [5.74, 6) is 0. The monoisotopic (exact) mass is 398 g/mol. The van der Waals surface area contributed by atoms with Gasteiger partial charge in [-0.2, -0.15) is 5.10 Å². The van der Waals surface area contributed by atoms with Gasteiger partial charge in [0.15, 0.2) is 5.54 Å². The molecule has 146 valence electrons. The van der Waals surface area contributed by atoms with E-state index < -0.39 is 15.5 Å². The molecule has 4 rings (SSSR count). The minimum absolute atomic E-state index is 0.00816. The van der Waals surface area contributed by atoms with Crippen LogP contribution < -0.4 is 0 Å². The molecule has 3 aromatic heterocycles. The third-order valence-corrected chi connectivity index (χ3v) is 6.93. The molecule has 0 aromatic carbocycles. The maximum Gasteiger partial charge on any atom is 0.242 e. The maximum absolute atomic E-state index is 12.9. The third kappa shape index (κ3) is 3.06. The molecule has 1 aliphatic heterocycles. The highest BCUT2D eigenvalue weighted by molar-refractivity contribution is 7.90. The van der Waals surface area contributed by atoms with Gasteiger partial charge in [0.05, 0.1) is 17.9 Å². The van der Waals surface area contributed by atoms with Crippen molar-refractivity contribution in [3.63, 3.8) is 0 Å². The summed E-state index contributed by atoms with van der Waals surface area (Å²) in [5, 5.41) is 5.45. The molecule has 1 unspecified atom stereocenters. The minimum Gasteiger partial charge on any atom is -0.346 e. The molecule has 28 heavy (non-hydrogen) atoms. The number of hydrogen-bond donors (Lipinski definition) is 1. The molecular formula is C18H22N8OS. The molecule has 4 heterocycles. The van der Waals surface area contributed by atoms with E-state index in [1.54, 1.807) is 12.5 Å². The molecule has 3 aromatic rings. The number of fused-ring (bicyclic) bond motifs is 1. The van der Waals surface area contributed by atoms with E-state index in [0.717, 1.165) is 22.3 Å². The maximum atomic E-state index is 12.9. The van der Waals surface area contributed by atoms with Crippen LogP contribution in [-0.4, -0.2) is 65.2 Å². The predicted octanol–water partition coefficient (Wildman–Crippen LogP) is 2.17. The zero-order valence-electron chi connectivity index (χ0n) is 16.0. The molecule has 1 aliphatic rings. The molecule has 1 saturated heterocycles. The van der Waals surface area contributed by atoms with Crippen LogP contribution in [-0.2, 0) is 15.5 Å². The Morgan fingerprint density at radius 1 is 1.43 bits per heavy atom. The van der Waals surface area contributed by atoms with E-state index in [1.807, 2.05) is 41.3 Å². The van der Waals surface area contributed by atoms with E-state index in [0.29, 0.717) is 13.1 Å². The summed E-state index contributed by atoms with van der Waals surface area (Å²) in [6.07, 6.45) is 8.67. The minimum atomic E-state index is -2.45. The van der Waals surface area contributed by atoms with Crippen LogP contribution in [0.4, 0.5) is 0 Å². The second kappa shape index (κ2) is 6.68. The SMILES string of the molecule is [C-]#[N+]CC1(n2cc(-c3ncnc4[nH]ccc34)cn2)CN(S(C)(=O)=NC(C)C)C1. The van der Waals surface area contributed by atoms with E-state index in [2.05, 4.69) is 29.3 Å². The highest BCUT2D eigenvalue weighted by atomic mass is 32.2. The van der Waals surface area contributed by atoms with Crippen molar-refractivity contribution in [2.24, 2.45) is 4.36 Å². The molecule has 0 amide bonds. The molecule has 0 aliphatic carbocycles. The first-order chi connectivity index (χ1) is 13.3. The van der Waals surface area contributed by atoms with Gasteiger partial charge in [0.2, 0.25) is 6.54 Å². The van der Waals surface area contributed by atoms with Gasteiger partial charge in [0, 0.05) is 42.7 Å². The zero-order chi connectivity index (χ0) is 19.9. The second-order valence-electron chi connectivity index (χ2n) is 7.44. The standard InChI is InChI=1S/C18H22N8OS/c1-13(2)24-28(4,27)25-10-18(11-25,9-19-3)26-8-14(7-23-26)16-15-5-6-20-17(15)22-12-21-16/h5-8,12-13H,9-11H2,1-2,4H3,(H,20,21,22). The van der Waals surface area contributed by atoms with Gasteiger partial charge in [-0.05, 0) is 19.9 Å². The molecule has 10 heteroatoms. The number of hydrogen-bond acceptors (Lipinski definition) is 5. The van der Waals surface area contributed by atoms with Crippen LogP contribution in [0.15, 0.2) is 35.3 Å².